The predicted octanol–water partition coefficient (Wildman–Crippen LogP) is 1.10. The van der Waals surface area contributed by atoms with Crippen LogP contribution in [0.3, 0.4) is 0 Å². The van der Waals surface area contributed by atoms with E-state index < -0.39 is 12.3 Å². The van der Waals surface area contributed by atoms with Crippen LogP contribution in [-0.2, 0) is 4.74 Å². The molecule has 88 valence electrons. The molecule has 0 unspecified atom stereocenters. The first kappa shape index (κ1) is 10.8. The summed E-state index contributed by atoms with van der Waals surface area (Å²) < 4.78 is 6.41. The molecule has 0 bridgehead atoms. The lowest BCUT2D eigenvalue weighted by Crippen LogP contribution is -2.27. The Hall–Kier alpha value is -2.70. The van der Waals surface area contributed by atoms with Gasteiger partial charge in [0, 0.05) is 24.8 Å². The summed E-state index contributed by atoms with van der Waals surface area (Å²) in [5, 5.41) is 0. The van der Waals surface area contributed by atoms with Crippen LogP contribution in [-0.4, -0.2) is 21.8 Å². The summed E-state index contributed by atoms with van der Waals surface area (Å²) in [5.74, 6) is 0. The van der Waals surface area contributed by atoms with Gasteiger partial charge in [0.2, 0.25) is 0 Å². The minimum absolute atomic E-state index is 1.09. The van der Waals surface area contributed by atoms with Crippen LogP contribution < -0.4 is 9.68 Å². The first-order valence-electron chi connectivity index (χ1n) is 4.62. The van der Waals surface area contributed by atoms with Crippen LogP contribution in [0.15, 0.2) is 49.1 Å². The maximum Gasteiger partial charge on any atom is 0.544 e. The molecule has 0 radical (unpaired) electrons. The van der Waals surface area contributed by atoms with Gasteiger partial charge in [0.1, 0.15) is 0 Å². The monoisotopic (exact) mass is 236 g/mol. The molecule has 2 heterocycles. The van der Waals surface area contributed by atoms with Crippen molar-refractivity contribution in [2.45, 2.75) is 0 Å². The Balaban J connectivity index is 1.80. The van der Waals surface area contributed by atoms with Gasteiger partial charge in [-0.1, -0.05) is 0 Å². The lowest BCUT2D eigenvalue weighted by Gasteiger charge is -2.04. The molecule has 0 aliphatic rings. The zero-order valence-electron chi connectivity index (χ0n) is 8.55. The number of aromatic nitrogens is 2. The number of nitrogens with zero attached hydrogens (tertiary/aromatic N) is 2. The summed E-state index contributed by atoms with van der Waals surface area (Å²) in [5.41, 5.74) is 0. The van der Waals surface area contributed by atoms with E-state index >= 15 is 0 Å². The maximum absolute atomic E-state index is 11.1. The second-order valence-corrected chi connectivity index (χ2v) is 2.87. The third-order valence-corrected chi connectivity index (χ3v) is 1.68. The van der Waals surface area contributed by atoms with Crippen molar-refractivity contribution in [1.29, 1.82) is 0 Å². The van der Waals surface area contributed by atoms with E-state index in [0.29, 0.717) is 0 Å². The highest BCUT2D eigenvalue weighted by molar-refractivity contribution is 5.77. The average molecular weight is 236 g/mol. The Kier molecular flexibility index (Phi) is 3.10. The largest absolute Gasteiger partial charge is 0.544 e. The van der Waals surface area contributed by atoms with Gasteiger partial charge >= 0.3 is 12.3 Å². The minimum Gasteiger partial charge on any atom is -0.324 e. The van der Waals surface area contributed by atoms with E-state index in [4.69, 9.17) is 0 Å². The van der Waals surface area contributed by atoms with Gasteiger partial charge in [-0.25, -0.2) is 9.59 Å². The fourth-order valence-corrected chi connectivity index (χ4v) is 1.04. The van der Waals surface area contributed by atoms with Crippen molar-refractivity contribution in [3.8, 4) is 0 Å². The summed E-state index contributed by atoms with van der Waals surface area (Å²) in [6, 6.07) is 6.58. The van der Waals surface area contributed by atoms with E-state index in [1.165, 1.54) is 24.8 Å². The first-order valence-corrected chi connectivity index (χ1v) is 4.62. The topological polar surface area (TPSA) is 71.7 Å². The number of hydrogen-bond acceptors (Lipinski definition) is 5. The third-order valence-electron chi connectivity index (χ3n) is 1.68. The molecule has 0 aliphatic heterocycles. The second-order valence-electron chi connectivity index (χ2n) is 2.87. The molecule has 0 N–H and O–H groups in total. The Labute approximate surface area is 95.6 Å². The summed E-state index contributed by atoms with van der Waals surface area (Å²) in [6.07, 6.45) is 3.52. The van der Waals surface area contributed by atoms with Crippen molar-refractivity contribution in [1.82, 2.24) is 9.46 Å². The number of carbonyl (C=O) groups is 2. The van der Waals surface area contributed by atoms with Crippen molar-refractivity contribution in [3.05, 3.63) is 49.1 Å². The number of ether oxygens (including phenoxy) is 1. The highest BCUT2D eigenvalue weighted by Gasteiger charge is 2.14. The predicted molar refractivity (Wildman–Crippen MR) is 53.9 cm³/mol. The van der Waals surface area contributed by atoms with E-state index in [2.05, 4.69) is 14.4 Å². The molecule has 0 saturated carbocycles. The summed E-state index contributed by atoms with van der Waals surface area (Å²) in [4.78, 5) is 31.3. The van der Waals surface area contributed by atoms with Crippen LogP contribution in [0.25, 0.3) is 0 Å². The van der Waals surface area contributed by atoms with Gasteiger partial charge in [-0.2, -0.15) is 9.46 Å². The molecule has 7 nitrogen and oxygen atoms in total. The van der Waals surface area contributed by atoms with Gasteiger partial charge in [0.05, 0.1) is 0 Å². The molecule has 2 rings (SSSR count). The fourth-order valence-electron chi connectivity index (χ4n) is 1.04. The van der Waals surface area contributed by atoms with E-state index in [1.807, 2.05) is 0 Å². The number of rotatable bonds is 2. The lowest BCUT2D eigenvalue weighted by molar-refractivity contribution is 0.0290. The molecule has 0 spiro atoms. The van der Waals surface area contributed by atoms with Gasteiger partial charge in [-0.15, -0.1) is 0 Å². The summed E-state index contributed by atoms with van der Waals surface area (Å²) >= 11 is 0. The van der Waals surface area contributed by atoms with Crippen molar-refractivity contribution in [2.75, 3.05) is 0 Å². The highest BCUT2D eigenvalue weighted by Crippen LogP contribution is 1.91. The van der Waals surface area contributed by atoms with Gasteiger partial charge in [-0.3, -0.25) is 0 Å². The lowest BCUT2D eigenvalue weighted by atomic mass is 10.7. The van der Waals surface area contributed by atoms with E-state index in [-0.39, 0.29) is 0 Å². The molecule has 17 heavy (non-hydrogen) atoms. The molecule has 0 amide bonds. The first-order chi connectivity index (χ1) is 8.24. The van der Waals surface area contributed by atoms with Crippen LogP contribution in [0.2, 0.25) is 0 Å². The smallest absolute Gasteiger partial charge is 0.324 e. The summed E-state index contributed by atoms with van der Waals surface area (Å²) in [6.45, 7) is 0. The van der Waals surface area contributed by atoms with Crippen LogP contribution in [0.1, 0.15) is 0 Å². The summed E-state index contributed by atoms with van der Waals surface area (Å²) in [7, 11) is 0. The van der Waals surface area contributed by atoms with Gasteiger partial charge in [-0.05, 0) is 24.3 Å². The maximum atomic E-state index is 11.1. The van der Waals surface area contributed by atoms with Crippen molar-refractivity contribution < 1.29 is 24.0 Å². The van der Waals surface area contributed by atoms with E-state index in [0.717, 1.165) is 9.46 Å². The SMILES string of the molecule is O=C(OC(=O)On1cccc1)On1cccc1. The molecular formula is C10H8N2O5. The van der Waals surface area contributed by atoms with Gasteiger partial charge < -0.3 is 14.4 Å². The molecule has 0 saturated heterocycles. The molecular weight excluding hydrogens is 228 g/mol. The third kappa shape index (κ3) is 3.13. The van der Waals surface area contributed by atoms with Crippen LogP contribution in [0.4, 0.5) is 9.59 Å². The van der Waals surface area contributed by atoms with Crippen LogP contribution >= 0.6 is 0 Å². The zero-order valence-corrected chi connectivity index (χ0v) is 8.55. The quantitative estimate of drug-likeness (QED) is 0.576. The van der Waals surface area contributed by atoms with Gasteiger partial charge in [0.25, 0.3) is 0 Å². The minimum atomic E-state index is -1.18. The van der Waals surface area contributed by atoms with E-state index in [1.54, 1.807) is 24.3 Å². The van der Waals surface area contributed by atoms with Crippen LogP contribution in [0, 0.1) is 0 Å². The Morgan fingerprint density at radius 1 is 0.706 bits per heavy atom. The molecule has 0 atom stereocenters. The van der Waals surface area contributed by atoms with Crippen LogP contribution in [0.5, 0.6) is 0 Å². The average Bonchev–Trinajstić information content (AvgIpc) is 2.90. The molecule has 0 aliphatic carbocycles. The number of carbonyl (C=O) groups excluding carboxylic acids is 2. The van der Waals surface area contributed by atoms with Crippen molar-refractivity contribution in [3.63, 3.8) is 0 Å². The Morgan fingerprint density at radius 3 is 1.41 bits per heavy atom. The molecule has 2 aromatic heterocycles. The normalized spacial score (nSPS) is 9.65. The number of hydrogen-bond donors (Lipinski definition) is 0. The second kappa shape index (κ2) is 4.88. The Bertz CT molecular complexity index is 443. The Morgan fingerprint density at radius 2 is 1.06 bits per heavy atom. The molecule has 2 aromatic rings. The zero-order chi connectivity index (χ0) is 12.1. The fraction of sp³-hybridized carbons (Fsp3) is 0. The molecule has 0 aromatic carbocycles. The van der Waals surface area contributed by atoms with Crippen molar-refractivity contribution in [2.24, 2.45) is 0 Å². The highest BCUT2D eigenvalue weighted by atomic mass is 16.9. The molecule has 0 fully saturated rings. The standard InChI is InChI=1S/C10H8N2O5/c13-9(16-11-5-1-2-6-11)15-10(14)17-12-7-3-4-8-12/h1-8H. The van der Waals surface area contributed by atoms with E-state index in [9.17, 15) is 9.59 Å². The molecule has 7 heteroatoms. The van der Waals surface area contributed by atoms with Gasteiger partial charge in [0.15, 0.2) is 0 Å². The van der Waals surface area contributed by atoms with Crippen molar-refractivity contribution >= 4 is 12.3 Å².